The molecule has 0 amide bonds. The summed E-state index contributed by atoms with van der Waals surface area (Å²) in [7, 11) is 1.83. The first-order chi connectivity index (χ1) is 8.99. The molecule has 100 valence electrons. The summed E-state index contributed by atoms with van der Waals surface area (Å²) < 4.78 is 2.73. The highest BCUT2D eigenvalue weighted by Gasteiger charge is 2.14. The molecule has 19 heavy (non-hydrogen) atoms. The third-order valence-corrected chi connectivity index (χ3v) is 4.22. The Morgan fingerprint density at radius 1 is 1.47 bits per heavy atom. The minimum atomic E-state index is -0.869. The third kappa shape index (κ3) is 3.16. The normalized spacial score (nSPS) is 10.7. The molecule has 0 aliphatic rings. The van der Waals surface area contributed by atoms with Crippen LogP contribution in [0.3, 0.4) is 0 Å². The van der Waals surface area contributed by atoms with Gasteiger partial charge in [-0.2, -0.15) is 0 Å². The molecule has 1 heterocycles. The molecular weight excluding hydrogens is 330 g/mol. The lowest BCUT2D eigenvalue weighted by molar-refractivity contribution is -0.133. The summed E-state index contributed by atoms with van der Waals surface area (Å²) in [6, 6.07) is 5.98. The smallest absolute Gasteiger partial charge is 0.313 e. The molecule has 0 atom stereocenters. The van der Waals surface area contributed by atoms with Gasteiger partial charge in [0.1, 0.15) is 0 Å². The number of rotatable bonds is 4. The zero-order chi connectivity index (χ0) is 14.0. The second-order valence-corrected chi connectivity index (χ2v) is 5.83. The Labute approximate surface area is 123 Å². The van der Waals surface area contributed by atoms with Gasteiger partial charge in [-0.15, -0.1) is 10.2 Å². The number of aliphatic carboxylic acids is 1. The fourth-order valence-electron chi connectivity index (χ4n) is 1.61. The quantitative estimate of drug-likeness (QED) is 0.866. The first-order valence-corrected chi connectivity index (χ1v) is 7.27. The van der Waals surface area contributed by atoms with E-state index in [2.05, 4.69) is 26.1 Å². The number of aryl methyl sites for hydroxylation is 1. The minimum Gasteiger partial charge on any atom is -0.481 e. The lowest BCUT2D eigenvalue weighted by Gasteiger charge is -2.06. The van der Waals surface area contributed by atoms with E-state index in [9.17, 15) is 4.79 Å². The average Bonchev–Trinajstić information content (AvgIpc) is 2.71. The van der Waals surface area contributed by atoms with Gasteiger partial charge < -0.3 is 9.67 Å². The lowest BCUT2D eigenvalue weighted by atomic mass is 10.1. The van der Waals surface area contributed by atoms with Gasteiger partial charge in [0.25, 0.3) is 0 Å². The van der Waals surface area contributed by atoms with E-state index in [1.165, 1.54) is 0 Å². The van der Waals surface area contributed by atoms with Crippen molar-refractivity contribution >= 4 is 33.7 Å². The summed E-state index contributed by atoms with van der Waals surface area (Å²) in [5.41, 5.74) is 2.07. The Morgan fingerprint density at radius 3 is 2.89 bits per heavy atom. The van der Waals surface area contributed by atoms with E-state index in [0.29, 0.717) is 11.0 Å². The number of nitrogens with zero attached hydrogens (tertiary/aromatic N) is 3. The van der Waals surface area contributed by atoms with Crippen LogP contribution in [0.4, 0.5) is 0 Å². The van der Waals surface area contributed by atoms with Crippen LogP contribution in [0.1, 0.15) is 5.56 Å². The first kappa shape index (κ1) is 14.1. The minimum absolute atomic E-state index is 0.0268. The summed E-state index contributed by atoms with van der Waals surface area (Å²) in [6.07, 6.45) is 0. The summed E-state index contributed by atoms with van der Waals surface area (Å²) in [6.45, 7) is 2.01. The van der Waals surface area contributed by atoms with Gasteiger partial charge in [0.05, 0.1) is 5.75 Å². The van der Waals surface area contributed by atoms with E-state index in [-0.39, 0.29) is 5.75 Å². The van der Waals surface area contributed by atoms with E-state index in [4.69, 9.17) is 5.11 Å². The topological polar surface area (TPSA) is 68.0 Å². The molecule has 0 unspecified atom stereocenters. The maximum Gasteiger partial charge on any atom is 0.313 e. The third-order valence-electron chi connectivity index (χ3n) is 2.52. The largest absolute Gasteiger partial charge is 0.481 e. The molecule has 7 heteroatoms. The molecule has 0 aliphatic heterocycles. The maximum atomic E-state index is 10.6. The van der Waals surface area contributed by atoms with Crippen LogP contribution in [0, 0.1) is 6.92 Å². The van der Waals surface area contributed by atoms with Gasteiger partial charge in [-0.25, -0.2) is 0 Å². The number of carboxylic acid groups (broad SMARTS) is 1. The van der Waals surface area contributed by atoms with E-state index >= 15 is 0 Å². The number of carbonyl (C=O) groups is 1. The fourth-order valence-corrected chi connectivity index (χ4v) is 2.67. The predicted octanol–water partition coefficient (Wildman–Crippen LogP) is 2.73. The number of halogens is 1. The van der Waals surface area contributed by atoms with Crippen LogP contribution in [0.2, 0.25) is 0 Å². The maximum absolute atomic E-state index is 10.6. The average molecular weight is 342 g/mol. The SMILES string of the molecule is Cc1ccc(Br)c(-c2nnc(SCC(=O)O)n2C)c1. The second-order valence-electron chi connectivity index (χ2n) is 4.03. The van der Waals surface area contributed by atoms with Crippen LogP contribution in [-0.4, -0.2) is 31.6 Å². The standard InChI is InChI=1S/C12H12BrN3O2S/c1-7-3-4-9(13)8(5-7)11-14-15-12(16(11)2)19-6-10(17)18/h3-5H,6H2,1-2H3,(H,17,18). The van der Waals surface area contributed by atoms with Crippen molar-refractivity contribution in [3.8, 4) is 11.4 Å². The van der Waals surface area contributed by atoms with Crippen LogP contribution < -0.4 is 0 Å². The van der Waals surface area contributed by atoms with Crippen LogP contribution in [0.15, 0.2) is 27.8 Å². The van der Waals surface area contributed by atoms with Crippen molar-refractivity contribution in [2.45, 2.75) is 12.1 Å². The highest BCUT2D eigenvalue weighted by Crippen LogP contribution is 2.29. The molecule has 0 aliphatic carbocycles. The highest BCUT2D eigenvalue weighted by molar-refractivity contribution is 9.10. The molecule has 0 saturated carbocycles. The zero-order valence-corrected chi connectivity index (χ0v) is 12.8. The fraction of sp³-hybridized carbons (Fsp3) is 0.250. The zero-order valence-electron chi connectivity index (χ0n) is 10.4. The number of hydrogen-bond acceptors (Lipinski definition) is 4. The number of carboxylic acids is 1. The van der Waals surface area contributed by atoms with E-state index < -0.39 is 5.97 Å². The van der Waals surface area contributed by atoms with E-state index in [0.717, 1.165) is 27.4 Å². The van der Waals surface area contributed by atoms with E-state index in [1.807, 2.05) is 32.2 Å². The van der Waals surface area contributed by atoms with Crippen molar-refractivity contribution in [1.29, 1.82) is 0 Å². The van der Waals surface area contributed by atoms with Crippen molar-refractivity contribution in [1.82, 2.24) is 14.8 Å². The molecule has 1 aromatic carbocycles. The number of aromatic nitrogens is 3. The van der Waals surface area contributed by atoms with Gasteiger partial charge in [-0.05, 0) is 19.1 Å². The molecule has 2 aromatic rings. The second kappa shape index (κ2) is 5.75. The predicted molar refractivity (Wildman–Crippen MR) is 77.2 cm³/mol. The summed E-state index contributed by atoms with van der Waals surface area (Å²) in [5.74, 6) is -0.184. The Bertz CT molecular complexity index is 627. The van der Waals surface area contributed by atoms with Crippen LogP contribution >= 0.6 is 27.7 Å². The van der Waals surface area contributed by atoms with Gasteiger partial charge in [0.15, 0.2) is 11.0 Å². The van der Waals surface area contributed by atoms with Crippen LogP contribution in [0.25, 0.3) is 11.4 Å². The monoisotopic (exact) mass is 341 g/mol. The Balaban J connectivity index is 2.36. The van der Waals surface area contributed by atoms with Gasteiger partial charge >= 0.3 is 5.97 Å². The molecule has 1 aromatic heterocycles. The first-order valence-electron chi connectivity index (χ1n) is 5.49. The molecule has 0 fully saturated rings. The summed E-state index contributed by atoms with van der Waals surface area (Å²) in [5, 5.41) is 17.4. The van der Waals surface area contributed by atoms with Crippen LogP contribution in [-0.2, 0) is 11.8 Å². The molecule has 2 rings (SSSR count). The van der Waals surface area contributed by atoms with Crippen molar-refractivity contribution < 1.29 is 9.90 Å². The van der Waals surface area contributed by atoms with Gasteiger partial charge in [0, 0.05) is 17.1 Å². The molecule has 0 bridgehead atoms. The van der Waals surface area contributed by atoms with Gasteiger partial charge in [0.2, 0.25) is 0 Å². The molecule has 0 saturated heterocycles. The Morgan fingerprint density at radius 2 is 2.21 bits per heavy atom. The number of hydrogen-bond donors (Lipinski definition) is 1. The van der Waals surface area contributed by atoms with Crippen molar-refractivity contribution in [2.24, 2.45) is 7.05 Å². The molecular formula is C12H12BrN3O2S. The van der Waals surface area contributed by atoms with Crippen LogP contribution in [0.5, 0.6) is 0 Å². The number of benzene rings is 1. The molecule has 0 spiro atoms. The highest BCUT2D eigenvalue weighted by atomic mass is 79.9. The van der Waals surface area contributed by atoms with Crippen molar-refractivity contribution in [3.63, 3.8) is 0 Å². The Hall–Kier alpha value is -1.34. The Kier molecular flexibility index (Phi) is 4.26. The number of thioether (sulfide) groups is 1. The van der Waals surface area contributed by atoms with Crippen molar-refractivity contribution in [3.05, 3.63) is 28.2 Å². The van der Waals surface area contributed by atoms with Crippen molar-refractivity contribution in [2.75, 3.05) is 5.75 Å². The summed E-state index contributed by atoms with van der Waals surface area (Å²) in [4.78, 5) is 10.6. The molecule has 0 radical (unpaired) electrons. The van der Waals surface area contributed by atoms with Gasteiger partial charge in [-0.1, -0.05) is 39.3 Å². The van der Waals surface area contributed by atoms with E-state index in [1.54, 1.807) is 4.57 Å². The molecule has 5 nitrogen and oxygen atoms in total. The van der Waals surface area contributed by atoms with Gasteiger partial charge in [-0.3, -0.25) is 4.79 Å². The molecule has 1 N–H and O–H groups in total. The lowest BCUT2D eigenvalue weighted by Crippen LogP contribution is -2.01. The summed E-state index contributed by atoms with van der Waals surface area (Å²) >= 11 is 4.65.